The number of rotatable bonds is 5. The second kappa shape index (κ2) is 6.99. The lowest BCUT2D eigenvalue weighted by Crippen LogP contribution is -2.44. The Labute approximate surface area is 121 Å². The van der Waals surface area contributed by atoms with Gasteiger partial charge in [-0.3, -0.25) is 0 Å². The highest BCUT2D eigenvalue weighted by Crippen LogP contribution is 2.05. The lowest BCUT2D eigenvalue weighted by atomic mass is 10.1. The molecule has 2 aromatic rings. The van der Waals surface area contributed by atoms with Gasteiger partial charge >= 0.3 is 12.0 Å². The quantitative estimate of drug-likeness (QED) is 0.768. The standard InChI is InChI=1S/C14H14N4O3/c19-13(20)12(6-10-4-2-1-3-5-10)18-14(21)17-11-7-15-9-16-8-11/h1-5,7-9,12H,6H2,(H,19,20)(H2,17,18,21)/t12-/m1/s1. The molecule has 3 N–H and O–H groups in total. The second-order valence-electron chi connectivity index (χ2n) is 4.31. The van der Waals surface area contributed by atoms with E-state index in [1.807, 2.05) is 18.2 Å². The van der Waals surface area contributed by atoms with E-state index >= 15 is 0 Å². The lowest BCUT2D eigenvalue weighted by molar-refractivity contribution is -0.139. The Balaban J connectivity index is 1.96. The molecule has 21 heavy (non-hydrogen) atoms. The van der Waals surface area contributed by atoms with Crippen LogP contribution in [-0.2, 0) is 11.2 Å². The molecule has 7 nitrogen and oxygen atoms in total. The van der Waals surface area contributed by atoms with Crippen molar-refractivity contribution in [2.24, 2.45) is 0 Å². The van der Waals surface area contributed by atoms with Gasteiger partial charge in [0.2, 0.25) is 0 Å². The van der Waals surface area contributed by atoms with Crippen molar-refractivity contribution in [2.45, 2.75) is 12.5 Å². The van der Waals surface area contributed by atoms with Crippen molar-refractivity contribution in [3.05, 3.63) is 54.6 Å². The number of carbonyl (C=O) groups excluding carboxylic acids is 1. The van der Waals surface area contributed by atoms with Crippen molar-refractivity contribution < 1.29 is 14.7 Å². The number of nitrogens with zero attached hydrogens (tertiary/aromatic N) is 2. The minimum atomic E-state index is -1.10. The molecular formula is C14H14N4O3. The van der Waals surface area contributed by atoms with Crippen LogP contribution in [0.2, 0.25) is 0 Å². The highest BCUT2D eigenvalue weighted by Gasteiger charge is 2.20. The van der Waals surface area contributed by atoms with E-state index < -0.39 is 18.0 Å². The molecule has 0 aliphatic rings. The van der Waals surface area contributed by atoms with E-state index in [-0.39, 0.29) is 6.42 Å². The molecule has 0 unspecified atom stereocenters. The molecule has 1 heterocycles. The molecule has 1 aromatic carbocycles. The number of carboxylic acids is 1. The Morgan fingerprint density at radius 2 is 1.81 bits per heavy atom. The molecule has 0 aliphatic carbocycles. The molecule has 0 radical (unpaired) electrons. The van der Waals surface area contributed by atoms with Crippen LogP contribution in [0.1, 0.15) is 5.56 Å². The Morgan fingerprint density at radius 1 is 1.14 bits per heavy atom. The molecular weight excluding hydrogens is 272 g/mol. The Kier molecular flexibility index (Phi) is 4.81. The summed E-state index contributed by atoms with van der Waals surface area (Å²) >= 11 is 0. The third-order valence-corrected chi connectivity index (χ3v) is 2.70. The van der Waals surface area contributed by atoms with Crippen molar-refractivity contribution in [3.63, 3.8) is 0 Å². The fourth-order valence-electron chi connectivity index (χ4n) is 1.74. The molecule has 108 valence electrons. The first kappa shape index (κ1) is 14.4. The number of carbonyl (C=O) groups is 2. The van der Waals surface area contributed by atoms with E-state index in [4.69, 9.17) is 0 Å². The smallest absolute Gasteiger partial charge is 0.326 e. The first-order valence-electron chi connectivity index (χ1n) is 6.24. The molecule has 1 atom stereocenters. The molecule has 1 aromatic heterocycles. The monoisotopic (exact) mass is 286 g/mol. The summed E-state index contributed by atoms with van der Waals surface area (Å²) in [5, 5.41) is 14.1. The first-order valence-corrected chi connectivity index (χ1v) is 6.24. The zero-order valence-electron chi connectivity index (χ0n) is 11.1. The van der Waals surface area contributed by atoms with Gasteiger partial charge in [0.15, 0.2) is 0 Å². The zero-order chi connectivity index (χ0) is 15.1. The van der Waals surface area contributed by atoms with Gasteiger partial charge in [-0.2, -0.15) is 0 Å². The van der Waals surface area contributed by atoms with Crippen LogP contribution in [0.3, 0.4) is 0 Å². The van der Waals surface area contributed by atoms with Crippen LogP contribution in [-0.4, -0.2) is 33.1 Å². The number of nitrogens with one attached hydrogen (secondary N) is 2. The van der Waals surface area contributed by atoms with Crippen molar-refractivity contribution >= 4 is 17.7 Å². The van der Waals surface area contributed by atoms with Crippen molar-refractivity contribution in [1.82, 2.24) is 15.3 Å². The molecule has 2 amide bonds. The van der Waals surface area contributed by atoms with E-state index in [0.717, 1.165) is 5.56 Å². The summed E-state index contributed by atoms with van der Waals surface area (Å²) in [5.74, 6) is -1.10. The Hall–Kier alpha value is -2.96. The van der Waals surface area contributed by atoms with Crippen LogP contribution in [0.5, 0.6) is 0 Å². The summed E-state index contributed by atoms with van der Waals surface area (Å²) < 4.78 is 0. The van der Waals surface area contributed by atoms with Crippen LogP contribution in [0.4, 0.5) is 10.5 Å². The summed E-state index contributed by atoms with van der Waals surface area (Å²) in [5.41, 5.74) is 1.21. The summed E-state index contributed by atoms with van der Waals surface area (Å²) in [6.07, 6.45) is 4.37. The number of hydrogen-bond donors (Lipinski definition) is 3. The van der Waals surface area contributed by atoms with E-state index in [9.17, 15) is 14.7 Å². The number of carboxylic acid groups (broad SMARTS) is 1. The van der Waals surface area contributed by atoms with Gasteiger partial charge in [0.05, 0.1) is 18.1 Å². The maximum atomic E-state index is 11.8. The van der Waals surface area contributed by atoms with E-state index in [1.165, 1.54) is 18.7 Å². The minimum absolute atomic E-state index is 0.203. The highest BCUT2D eigenvalue weighted by molar-refractivity contribution is 5.92. The number of urea groups is 1. The molecule has 7 heteroatoms. The van der Waals surface area contributed by atoms with Gasteiger partial charge in [-0.25, -0.2) is 19.6 Å². The maximum Gasteiger partial charge on any atom is 0.326 e. The van der Waals surface area contributed by atoms with Gasteiger partial charge < -0.3 is 15.7 Å². The van der Waals surface area contributed by atoms with Crippen molar-refractivity contribution in [2.75, 3.05) is 5.32 Å². The molecule has 0 saturated carbocycles. The van der Waals surface area contributed by atoms with Crippen LogP contribution in [0.15, 0.2) is 49.1 Å². The molecule has 0 spiro atoms. The molecule has 2 rings (SSSR count). The molecule has 0 fully saturated rings. The molecule has 0 saturated heterocycles. The zero-order valence-corrected chi connectivity index (χ0v) is 11.1. The Morgan fingerprint density at radius 3 is 2.43 bits per heavy atom. The van der Waals surface area contributed by atoms with Crippen LogP contribution >= 0.6 is 0 Å². The lowest BCUT2D eigenvalue weighted by Gasteiger charge is -2.15. The SMILES string of the molecule is O=C(Nc1cncnc1)N[C@H](Cc1ccccc1)C(=O)O. The summed E-state index contributed by atoms with van der Waals surface area (Å²) in [6.45, 7) is 0. The van der Waals surface area contributed by atoms with Gasteiger partial charge in [-0.05, 0) is 5.56 Å². The normalized spacial score (nSPS) is 11.4. The summed E-state index contributed by atoms with van der Waals surface area (Å²) in [7, 11) is 0. The topological polar surface area (TPSA) is 104 Å². The number of aliphatic carboxylic acids is 1. The number of aromatic nitrogens is 2. The predicted octanol–water partition coefficient (Wildman–Crippen LogP) is 1.29. The van der Waals surface area contributed by atoms with Crippen LogP contribution in [0.25, 0.3) is 0 Å². The van der Waals surface area contributed by atoms with Crippen LogP contribution in [0, 0.1) is 0 Å². The average Bonchev–Trinajstić information content (AvgIpc) is 2.48. The van der Waals surface area contributed by atoms with Gasteiger partial charge in [0.1, 0.15) is 12.4 Å². The summed E-state index contributed by atoms with van der Waals surface area (Å²) in [4.78, 5) is 30.5. The molecule has 0 bridgehead atoms. The van der Waals surface area contributed by atoms with Gasteiger partial charge in [0, 0.05) is 6.42 Å². The van der Waals surface area contributed by atoms with Gasteiger partial charge in [-0.1, -0.05) is 30.3 Å². The largest absolute Gasteiger partial charge is 0.480 e. The highest BCUT2D eigenvalue weighted by atomic mass is 16.4. The third-order valence-electron chi connectivity index (χ3n) is 2.70. The van der Waals surface area contributed by atoms with Crippen molar-refractivity contribution in [3.8, 4) is 0 Å². The van der Waals surface area contributed by atoms with Gasteiger partial charge in [-0.15, -0.1) is 0 Å². The first-order chi connectivity index (χ1) is 10.1. The van der Waals surface area contributed by atoms with E-state index in [2.05, 4.69) is 20.6 Å². The van der Waals surface area contributed by atoms with Crippen LogP contribution < -0.4 is 10.6 Å². The number of benzene rings is 1. The average molecular weight is 286 g/mol. The second-order valence-corrected chi connectivity index (χ2v) is 4.31. The third kappa shape index (κ3) is 4.57. The fourth-order valence-corrected chi connectivity index (χ4v) is 1.74. The minimum Gasteiger partial charge on any atom is -0.480 e. The predicted molar refractivity (Wildman–Crippen MR) is 75.8 cm³/mol. The van der Waals surface area contributed by atoms with Gasteiger partial charge in [0.25, 0.3) is 0 Å². The molecule has 0 aliphatic heterocycles. The number of amides is 2. The van der Waals surface area contributed by atoms with E-state index in [1.54, 1.807) is 12.1 Å². The fraction of sp³-hybridized carbons (Fsp3) is 0.143. The number of hydrogen-bond acceptors (Lipinski definition) is 4. The van der Waals surface area contributed by atoms with Crippen molar-refractivity contribution in [1.29, 1.82) is 0 Å². The summed E-state index contributed by atoms with van der Waals surface area (Å²) in [6, 6.07) is 7.45. The number of anilines is 1. The Bertz CT molecular complexity index is 604. The maximum absolute atomic E-state index is 11.8. The van der Waals surface area contributed by atoms with E-state index in [0.29, 0.717) is 5.69 Å².